The quantitative estimate of drug-likeness (QED) is 0.370. The van der Waals surface area contributed by atoms with Crippen LogP contribution in [0.2, 0.25) is 0 Å². The Hall–Kier alpha value is -2.51. The van der Waals surface area contributed by atoms with Gasteiger partial charge in [0.25, 0.3) is 0 Å². The number of sulfonamides is 2. The smallest absolute Gasteiger partial charge is 0.243 e. The molecule has 2 spiro atoms. The first-order valence-corrected chi connectivity index (χ1v) is 19.8. The van der Waals surface area contributed by atoms with Crippen molar-refractivity contribution >= 4 is 31.6 Å². The Kier molecular flexibility index (Phi) is 8.04. The second kappa shape index (κ2) is 11.6. The normalized spacial score (nSPS) is 29.0. The molecule has 7 rings (SSSR count). The minimum atomic E-state index is -3.76. The van der Waals surface area contributed by atoms with Crippen LogP contribution in [-0.2, 0) is 41.6 Å². The fourth-order valence-corrected chi connectivity index (χ4v) is 11.0. The third-order valence-corrected chi connectivity index (χ3v) is 13.8. The number of ether oxygens (including phenoxy) is 1. The number of piperidine rings is 1. The molecule has 2 aliphatic carbocycles. The standard InChI is InChI=1S/C33H44N4O6S2/c1-44(39,40)37-24-32(27-11-5-6-12-29(27)37)16-18-35(19-17-32)31(38)28(23-43-22-25-8-3-2-4-9-25)34-45(41,42)21-20-36-30-13-7-10-26-14-15-33(26,30)36/h2-6,8-9,11-12,26,28,30,34H,7,10,13-24H2,1H3/t26?,28-,30?,33?,36?/m1/s1. The summed E-state index contributed by atoms with van der Waals surface area (Å²) >= 11 is 0. The van der Waals surface area contributed by atoms with Crippen LogP contribution in [0.25, 0.3) is 0 Å². The minimum absolute atomic E-state index is 0.0400. The summed E-state index contributed by atoms with van der Waals surface area (Å²) in [6.07, 6.45) is 8.46. The second-order valence-corrected chi connectivity index (χ2v) is 17.5. The van der Waals surface area contributed by atoms with Gasteiger partial charge in [-0.3, -0.25) is 14.0 Å². The zero-order chi connectivity index (χ0) is 31.5. The van der Waals surface area contributed by atoms with Gasteiger partial charge in [-0.2, -0.15) is 0 Å². The highest BCUT2D eigenvalue weighted by molar-refractivity contribution is 7.92. The number of likely N-dealkylation sites (tertiary alicyclic amines) is 2. The number of para-hydroxylation sites is 1. The van der Waals surface area contributed by atoms with Crippen molar-refractivity contribution in [3.05, 3.63) is 65.7 Å². The predicted molar refractivity (Wildman–Crippen MR) is 173 cm³/mol. The fourth-order valence-electron chi connectivity index (χ4n) is 8.86. The van der Waals surface area contributed by atoms with Crippen LogP contribution in [0.4, 0.5) is 5.69 Å². The lowest BCUT2D eigenvalue weighted by atomic mass is 9.65. The summed E-state index contributed by atoms with van der Waals surface area (Å²) in [7, 11) is -7.21. The number of hydrogen-bond donors (Lipinski definition) is 1. The Balaban J connectivity index is 1.02. The van der Waals surface area contributed by atoms with Crippen LogP contribution in [0.15, 0.2) is 54.6 Å². The molecule has 2 aromatic carbocycles. The van der Waals surface area contributed by atoms with Crippen LogP contribution in [0.3, 0.4) is 0 Å². The predicted octanol–water partition coefficient (Wildman–Crippen LogP) is 2.85. The van der Waals surface area contributed by atoms with Crippen molar-refractivity contribution in [3.63, 3.8) is 0 Å². The zero-order valence-corrected chi connectivity index (χ0v) is 27.6. The highest BCUT2D eigenvalue weighted by atomic mass is 32.2. The number of anilines is 1. The van der Waals surface area contributed by atoms with Gasteiger partial charge in [-0.15, -0.1) is 0 Å². The van der Waals surface area contributed by atoms with Gasteiger partial charge in [0, 0.05) is 43.2 Å². The van der Waals surface area contributed by atoms with E-state index in [1.807, 2.05) is 54.6 Å². The number of carbonyl (C=O) groups excluding carboxylic acids is 1. The van der Waals surface area contributed by atoms with E-state index in [4.69, 9.17) is 4.74 Å². The van der Waals surface area contributed by atoms with Gasteiger partial charge in [0.05, 0.1) is 30.9 Å². The number of benzene rings is 2. The molecule has 2 aromatic rings. The number of nitrogens with one attached hydrogen (secondary N) is 1. The van der Waals surface area contributed by atoms with E-state index in [-0.39, 0.29) is 35.8 Å². The lowest BCUT2D eigenvalue weighted by Crippen LogP contribution is -2.55. The summed E-state index contributed by atoms with van der Waals surface area (Å²) < 4.78 is 62.2. The van der Waals surface area contributed by atoms with E-state index in [1.165, 1.54) is 36.2 Å². The molecule has 0 bridgehead atoms. The first kappa shape index (κ1) is 31.1. The number of nitrogens with zero attached hydrogens (tertiary/aromatic N) is 3. The van der Waals surface area contributed by atoms with Gasteiger partial charge in [0.15, 0.2) is 0 Å². The lowest BCUT2D eigenvalue weighted by molar-refractivity contribution is -0.136. The average molecular weight is 657 g/mol. The van der Waals surface area contributed by atoms with Crippen molar-refractivity contribution in [2.45, 2.75) is 74.6 Å². The largest absolute Gasteiger partial charge is 0.375 e. The van der Waals surface area contributed by atoms with E-state index in [1.54, 1.807) is 4.90 Å². The summed E-state index contributed by atoms with van der Waals surface area (Å²) in [6.45, 7) is 1.85. The van der Waals surface area contributed by atoms with Gasteiger partial charge in [-0.1, -0.05) is 55.0 Å². The Morgan fingerprint density at radius 1 is 0.978 bits per heavy atom. The Morgan fingerprint density at radius 3 is 2.40 bits per heavy atom. The number of carbonyl (C=O) groups is 1. The molecule has 3 heterocycles. The van der Waals surface area contributed by atoms with Crippen LogP contribution in [0.1, 0.15) is 56.1 Å². The summed E-state index contributed by atoms with van der Waals surface area (Å²) in [4.78, 5) is 18.1. The van der Waals surface area contributed by atoms with Crippen molar-refractivity contribution in [1.29, 1.82) is 0 Å². The van der Waals surface area contributed by atoms with Crippen molar-refractivity contribution in [2.24, 2.45) is 5.92 Å². The summed E-state index contributed by atoms with van der Waals surface area (Å²) in [5.74, 6) is 0.374. The van der Waals surface area contributed by atoms with Crippen molar-refractivity contribution in [3.8, 4) is 0 Å². The SMILES string of the molecule is CS(=O)(=O)N1CC2(CCN(C(=O)[C@@H](COCc3ccccc3)NS(=O)(=O)CCN3C4CCCC5CCC543)CC2)c2ccccc21. The number of rotatable bonds is 11. The Morgan fingerprint density at radius 2 is 1.71 bits per heavy atom. The number of amides is 1. The third-order valence-electron chi connectivity index (χ3n) is 11.3. The number of fused-ring (bicyclic) bond motifs is 2. The molecule has 244 valence electrons. The Bertz CT molecular complexity index is 1640. The van der Waals surface area contributed by atoms with Crippen LogP contribution < -0.4 is 9.03 Å². The molecular formula is C33H44N4O6S2. The molecule has 5 atom stereocenters. The van der Waals surface area contributed by atoms with Gasteiger partial charge in [-0.25, -0.2) is 21.6 Å². The molecule has 10 nitrogen and oxygen atoms in total. The van der Waals surface area contributed by atoms with Crippen LogP contribution in [0, 0.1) is 5.92 Å². The molecule has 0 aromatic heterocycles. The first-order chi connectivity index (χ1) is 21.5. The topological polar surface area (TPSA) is 116 Å². The van der Waals surface area contributed by atoms with E-state index >= 15 is 0 Å². The van der Waals surface area contributed by atoms with E-state index in [2.05, 4.69) is 9.62 Å². The maximum Gasteiger partial charge on any atom is 0.243 e. The molecule has 2 saturated heterocycles. The molecule has 2 saturated carbocycles. The van der Waals surface area contributed by atoms with Crippen LogP contribution >= 0.6 is 0 Å². The molecule has 3 aliphatic heterocycles. The highest BCUT2D eigenvalue weighted by Crippen LogP contribution is 2.64. The van der Waals surface area contributed by atoms with Gasteiger partial charge in [0.1, 0.15) is 6.04 Å². The fraction of sp³-hybridized carbons (Fsp3) is 0.606. The van der Waals surface area contributed by atoms with Crippen molar-refractivity contribution < 1.29 is 26.4 Å². The van der Waals surface area contributed by atoms with E-state index in [0.29, 0.717) is 56.7 Å². The molecule has 1 amide bonds. The second-order valence-electron chi connectivity index (χ2n) is 13.7. The van der Waals surface area contributed by atoms with Gasteiger partial charge in [0.2, 0.25) is 26.0 Å². The van der Waals surface area contributed by atoms with Crippen molar-refractivity contribution in [2.75, 3.05) is 49.1 Å². The average Bonchev–Trinajstić information content (AvgIpc) is 3.60. The van der Waals surface area contributed by atoms with Gasteiger partial charge < -0.3 is 9.64 Å². The van der Waals surface area contributed by atoms with E-state index < -0.39 is 26.1 Å². The summed E-state index contributed by atoms with van der Waals surface area (Å²) in [5, 5.41) is 0. The first-order valence-electron chi connectivity index (χ1n) is 16.3. The maximum atomic E-state index is 14.0. The van der Waals surface area contributed by atoms with Crippen LogP contribution in [0.5, 0.6) is 0 Å². The highest BCUT2D eigenvalue weighted by Gasteiger charge is 2.70. The maximum absolute atomic E-state index is 14.0. The zero-order valence-electron chi connectivity index (χ0n) is 25.9. The number of hydrogen-bond acceptors (Lipinski definition) is 7. The molecule has 45 heavy (non-hydrogen) atoms. The van der Waals surface area contributed by atoms with Crippen molar-refractivity contribution in [1.82, 2.24) is 14.5 Å². The minimum Gasteiger partial charge on any atom is -0.375 e. The van der Waals surface area contributed by atoms with Gasteiger partial charge in [-0.05, 0) is 61.6 Å². The van der Waals surface area contributed by atoms with E-state index in [0.717, 1.165) is 17.5 Å². The molecule has 5 aliphatic rings. The lowest BCUT2D eigenvalue weighted by Gasteiger charge is -2.41. The molecule has 4 fully saturated rings. The Labute approximate surface area is 267 Å². The summed E-state index contributed by atoms with van der Waals surface area (Å²) in [5.41, 5.74) is 2.51. The molecule has 0 radical (unpaired) electrons. The molecular weight excluding hydrogens is 613 g/mol. The van der Waals surface area contributed by atoms with Crippen LogP contribution in [-0.4, -0.2) is 95.0 Å². The molecule has 1 N–H and O–H groups in total. The molecule has 4 unspecified atom stereocenters. The van der Waals surface area contributed by atoms with E-state index in [9.17, 15) is 21.6 Å². The third kappa shape index (κ3) is 5.71. The monoisotopic (exact) mass is 656 g/mol. The van der Waals surface area contributed by atoms with Gasteiger partial charge >= 0.3 is 0 Å². The summed E-state index contributed by atoms with van der Waals surface area (Å²) in [6, 6.07) is 16.7. The molecule has 12 heteroatoms.